The lowest BCUT2D eigenvalue weighted by Crippen LogP contribution is -2.29. The van der Waals surface area contributed by atoms with Crippen LogP contribution in [0.4, 0.5) is 5.69 Å². The smallest absolute Gasteiger partial charge is 0.238 e. The summed E-state index contributed by atoms with van der Waals surface area (Å²) in [6.07, 6.45) is 4.96. The predicted molar refractivity (Wildman–Crippen MR) is 70.0 cm³/mol. The van der Waals surface area contributed by atoms with Crippen molar-refractivity contribution in [1.82, 2.24) is 4.98 Å². The van der Waals surface area contributed by atoms with Crippen LogP contribution in [0.2, 0.25) is 0 Å². The van der Waals surface area contributed by atoms with Gasteiger partial charge in [-0.2, -0.15) is 5.26 Å². The van der Waals surface area contributed by atoms with Crippen molar-refractivity contribution in [3.05, 3.63) is 17.8 Å². The molecule has 0 radical (unpaired) electrons. The molecule has 2 N–H and O–H groups in total. The van der Waals surface area contributed by atoms with E-state index in [0.717, 1.165) is 18.8 Å². The van der Waals surface area contributed by atoms with E-state index in [1.165, 1.54) is 6.42 Å². The lowest BCUT2D eigenvalue weighted by atomic mass is 9.80. The molecule has 0 saturated heterocycles. The number of nitrogens with zero attached hydrogens (tertiary/aromatic N) is 2. The normalized spacial score (nSPS) is 27.5. The van der Waals surface area contributed by atoms with Crippen molar-refractivity contribution in [1.29, 1.82) is 5.26 Å². The van der Waals surface area contributed by atoms with Gasteiger partial charge < -0.3 is 10.5 Å². The Morgan fingerprint density at radius 3 is 2.83 bits per heavy atom. The number of aromatic nitrogens is 1. The number of nitriles is 1. The van der Waals surface area contributed by atoms with E-state index in [4.69, 9.17) is 15.7 Å². The molecule has 1 aliphatic carbocycles. The summed E-state index contributed by atoms with van der Waals surface area (Å²) in [5, 5.41) is 8.91. The summed E-state index contributed by atoms with van der Waals surface area (Å²) < 4.78 is 5.86. The third-order valence-electron chi connectivity index (χ3n) is 3.90. The van der Waals surface area contributed by atoms with Crippen LogP contribution in [0.25, 0.3) is 0 Å². The lowest BCUT2D eigenvalue weighted by molar-refractivity contribution is 0.0972. The fourth-order valence-electron chi connectivity index (χ4n) is 2.41. The summed E-state index contributed by atoms with van der Waals surface area (Å²) in [5.41, 5.74) is 6.64. The van der Waals surface area contributed by atoms with Crippen LogP contribution >= 0.6 is 0 Å². The Kier molecular flexibility index (Phi) is 3.71. The molecule has 1 fully saturated rings. The van der Waals surface area contributed by atoms with Crippen LogP contribution in [0.5, 0.6) is 5.88 Å². The zero-order valence-corrected chi connectivity index (χ0v) is 10.9. The van der Waals surface area contributed by atoms with E-state index < -0.39 is 0 Å². The van der Waals surface area contributed by atoms with Gasteiger partial charge in [0.2, 0.25) is 5.88 Å². The summed E-state index contributed by atoms with van der Waals surface area (Å²) in [5.74, 6) is 1.81. The van der Waals surface area contributed by atoms with Gasteiger partial charge in [0.15, 0.2) is 0 Å². The number of ether oxygens (including phenoxy) is 1. The van der Waals surface area contributed by atoms with E-state index in [2.05, 4.69) is 18.8 Å². The Labute approximate surface area is 108 Å². The zero-order chi connectivity index (χ0) is 13.1. The van der Waals surface area contributed by atoms with Crippen molar-refractivity contribution in [2.75, 3.05) is 5.73 Å². The number of hydrogen-bond donors (Lipinski definition) is 1. The quantitative estimate of drug-likeness (QED) is 0.869. The van der Waals surface area contributed by atoms with E-state index in [1.807, 2.05) is 6.07 Å². The molecule has 4 nitrogen and oxygen atoms in total. The van der Waals surface area contributed by atoms with Gasteiger partial charge in [0.25, 0.3) is 0 Å². The van der Waals surface area contributed by atoms with Gasteiger partial charge in [-0.25, -0.2) is 4.98 Å². The first-order chi connectivity index (χ1) is 8.61. The van der Waals surface area contributed by atoms with Crippen LogP contribution in [0.1, 0.15) is 38.7 Å². The van der Waals surface area contributed by atoms with E-state index in [9.17, 15) is 0 Å². The highest BCUT2D eigenvalue weighted by molar-refractivity contribution is 5.59. The van der Waals surface area contributed by atoms with Gasteiger partial charge in [-0.1, -0.05) is 13.8 Å². The van der Waals surface area contributed by atoms with Crippen molar-refractivity contribution < 1.29 is 4.74 Å². The third kappa shape index (κ3) is 2.56. The molecule has 0 bridgehead atoms. The predicted octanol–water partition coefficient (Wildman–Crippen LogP) is 2.74. The number of nitrogens with two attached hydrogens (primary N) is 1. The van der Waals surface area contributed by atoms with Crippen LogP contribution in [-0.4, -0.2) is 11.1 Å². The zero-order valence-electron chi connectivity index (χ0n) is 10.9. The fraction of sp³-hybridized carbons (Fsp3) is 0.571. The Morgan fingerprint density at radius 1 is 1.39 bits per heavy atom. The molecule has 4 heteroatoms. The Morgan fingerprint density at radius 2 is 2.17 bits per heavy atom. The number of hydrogen-bond acceptors (Lipinski definition) is 4. The van der Waals surface area contributed by atoms with Crippen LogP contribution in [0.3, 0.4) is 0 Å². The minimum atomic E-state index is 0.167. The number of rotatable bonds is 2. The maximum atomic E-state index is 8.91. The summed E-state index contributed by atoms with van der Waals surface area (Å²) in [6.45, 7) is 4.53. The minimum absolute atomic E-state index is 0.167. The summed E-state index contributed by atoms with van der Waals surface area (Å²) in [4.78, 5) is 4.13. The first-order valence-electron chi connectivity index (χ1n) is 6.43. The maximum Gasteiger partial charge on any atom is 0.238 e. The van der Waals surface area contributed by atoms with Crippen molar-refractivity contribution in [3.8, 4) is 11.9 Å². The minimum Gasteiger partial charge on any atom is -0.473 e. The summed E-state index contributed by atoms with van der Waals surface area (Å²) in [6, 6.07) is 3.65. The molecule has 1 aromatic rings. The average molecular weight is 245 g/mol. The Bertz CT molecular complexity index is 467. The van der Waals surface area contributed by atoms with Crippen molar-refractivity contribution >= 4 is 5.69 Å². The number of pyridine rings is 1. The topological polar surface area (TPSA) is 71.9 Å². The second-order valence-electron chi connectivity index (χ2n) is 5.20. The van der Waals surface area contributed by atoms with Gasteiger partial charge in [0, 0.05) is 6.20 Å². The standard InChI is InChI=1S/C14H19N3O/c1-9-3-4-12(7-10(9)2)18-14-13(16)11(8-15)5-6-17-14/h5-6,9-10,12H,3-4,7,16H2,1-2H3. The Hall–Kier alpha value is -1.76. The molecule has 1 aliphatic rings. The van der Waals surface area contributed by atoms with Crippen LogP contribution in [0, 0.1) is 23.2 Å². The fourth-order valence-corrected chi connectivity index (χ4v) is 2.41. The van der Waals surface area contributed by atoms with Gasteiger partial charge in [-0.05, 0) is 37.2 Å². The van der Waals surface area contributed by atoms with Crippen LogP contribution in [0.15, 0.2) is 12.3 Å². The first kappa shape index (κ1) is 12.7. The number of nitrogen functional groups attached to an aromatic ring is 1. The molecule has 3 atom stereocenters. The highest BCUT2D eigenvalue weighted by Crippen LogP contribution is 2.33. The molecule has 96 valence electrons. The highest BCUT2D eigenvalue weighted by Gasteiger charge is 2.26. The first-order valence-corrected chi connectivity index (χ1v) is 6.43. The maximum absolute atomic E-state index is 8.91. The Balaban J connectivity index is 2.09. The van der Waals surface area contributed by atoms with E-state index in [-0.39, 0.29) is 6.10 Å². The van der Waals surface area contributed by atoms with Crippen LogP contribution < -0.4 is 10.5 Å². The van der Waals surface area contributed by atoms with Gasteiger partial charge in [-0.3, -0.25) is 0 Å². The van der Waals surface area contributed by atoms with E-state index in [0.29, 0.717) is 23.0 Å². The van der Waals surface area contributed by atoms with Crippen molar-refractivity contribution in [2.45, 2.75) is 39.2 Å². The molecule has 3 unspecified atom stereocenters. The molecule has 18 heavy (non-hydrogen) atoms. The lowest BCUT2D eigenvalue weighted by Gasteiger charge is -2.32. The molecule has 1 heterocycles. The summed E-state index contributed by atoms with van der Waals surface area (Å²) >= 11 is 0. The SMILES string of the molecule is CC1CCC(Oc2nccc(C#N)c2N)CC1C. The van der Waals surface area contributed by atoms with Crippen molar-refractivity contribution in [3.63, 3.8) is 0 Å². The molecule has 0 spiro atoms. The second kappa shape index (κ2) is 5.26. The molecular formula is C14H19N3O. The molecule has 2 rings (SSSR count). The van der Waals surface area contributed by atoms with Gasteiger partial charge in [0.05, 0.1) is 5.56 Å². The molecule has 1 saturated carbocycles. The van der Waals surface area contributed by atoms with Crippen LogP contribution in [-0.2, 0) is 0 Å². The van der Waals surface area contributed by atoms with Crippen molar-refractivity contribution in [2.24, 2.45) is 11.8 Å². The number of anilines is 1. The monoisotopic (exact) mass is 245 g/mol. The largest absolute Gasteiger partial charge is 0.473 e. The van der Waals surface area contributed by atoms with Gasteiger partial charge >= 0.3 is 0 Å². The highest BCUT2D eigenvalue weighted by atomic mass is 16.5. The summed E-state index contributed by atoms with van der Waals surface area (Å²) in [7, 11) is 0. The van der Waals surface area contributed by atoms with Gasteiger partial charge in [-0.15, -0.1) is 0 Å². The molecular weight excluding hydrogens is 226 g/mol. The van der Waals surface area contributed by atoms with E-state index in [1.54, 1.807) is 12.3 Å². The van der Waals surface area contributed by atoms with E-state index >= 15 is 0 Å². The molecule has 0 aromatic carbocycles. The second-order valence-corrected chi connectivity index (χ2v) is 5.20. The molecule has 0 amide bonds. The molecule has 1 aromatic heterocycles. The average Bonchev–Trinajstić information content (AvgIpc) is 2.36. The third-order valence-corrected chi connectivity index (χ3v) is 3.90. The molecule has 0 aliphatic heterocycles. The van der Waals surface area contributed by atoms with Gasteiger partial charge in [0.1, 0.15) is 17.9 Å².